The maximum absolute atomic E-state index is 12.1. The van der Waals surface area contributed by atoms with E-state index in [-0.39, 0.29) is 25.0 Å². The van der Waals surface area contributed by atoms with Gasteiger partial charge in [0, 0.05) is 12.2 Å². The van der Waals surface area contributed by atoms with Crippen molar-refractivity contribution < 1.29 is 21.6 Å². The van der Waals surface area contributed by atoms with Crippen LogP contribution in [0.1, 0.15) is 6.92 Å². The molecule has 0 aromatic carbocycles. The third-order valence-electron chi connectivity index (χ3n) is 1.70. The molecule has 100 valence electrons. The molecule has 0 unspecified atom stereocenters. The predicted octanol–water partition coefficient (Wildman–Crippen LogP) is 0.946. The van der Waals surface area contributed by atoms with Gasteiger partial charge in [-0.15, -0.1) is 12.4 Å². The highest BCUT2D eigenvalue weighted by molar-refractivity contribution is 7.92. The van der Waals surface area contributed by atoms with E-state index in [4.69, 9.17) is 5.73 Å². The second-order valence-corrected chi connectivity index (χ2v) is 5.27. The van der Waals surface area contributed by atoms with E-state index in [0.29, 0.717) is 6.20 Å². The second-order valence-electron chi connectivity index (χ2n) is 3.32. The molecule has 1 atom stereocenters. The minimum Gasteiger partial charge on any atom is -0.326 e. The summed E-state index contributed by atoms with van der Waals surface area (Å²) >= 11 is 0. The molecule has 10 heteroatoms. The van der Waals surface area contributed by atoms with Crippen LogP contribution in [-0.4, -0.2) is 29.7 Å². The van der Waals surface area contributed by atoms with Crippen molar-refractivity contribution in [1.29, 1.82) is 0 Å². The monoisotopic (exact) mass is 293 g/mol. The SMILES string of the molecule is C[C@H](N)Cn1cc(S(=O)(=O)C(F)(F)F)cn1.Cl. The fourth-order valence-electron chi connectivity index (χ4n) is 1.01. The van der Waals surface area contributed by atoms with Gasteiger partial charge in [0.2, 0.25) is 0 Å². The van der Waals surface area contributed by atoms with Crippen LogP contribution in [0.4, 0.5) is 13.2 Å². The van der Waals surface area contributed by atoms with Crippen LogP contribution in [0.15, 0.2) is 17.3 Å². The lowest BCUT2D eigenvalue weighted by Crippen LogP contribution is -2.23. The van der Waals surface area contributed by atoms with Crippen molar-refractivity contribution in [3.63, 3.8) is 0 Å². The van der Waals surface area contributed by atoms with Gasteiger partial charge in [-0.25, -0.2) is 8.42 Å². The fourth-order valence-corrected chi connectivity index (χ4v) is 1.73. The third kappa shape index (κ3) is 3.58. The van der Waals surface area contributed by atoms with E-state index in [0.717, 1.165) is 10.9 Å². The Morgan fingerprint density at radius 2 is 2.06 bits per heavy atom. The first-order valence-electron chi connectivity index (χ1n) is 4.24. The fraction of sp³-hybridized carbons (Fsp3) is 0.571. The molecule has 0 fully saturated rings. The van der Waals surface area contributed by atoms with Crippen molar-refractivity contribution in [2.24, 2.45) is 5.73 Å². The summed E-state index contributed by atoms with van der Waals surface area (Å²) in [6.45, 7) is 1.77. The Morgan fingerprint density at radius 1 is 1.53 bits per heavy atom. The minimum absolute atomic E-state index is 0. The Balaban J connectivity index is 0.00000256. The molecule has 1 rings (SSSR count). The van der Waals surface area contributed by atoms with Crippen LogP contribution in [0.5, 0.6) is 0 Å². The molecule has 0 saturated heterocycles. The maximum atomic E-state index is 12.1. The number of rotatable bonds is 3. The zero-order valence-electron chi connectivity index (χ0n) is 8.68. The summed E-state index contributed by atoms with van der Waals surface area (Å²) in [5.41, 5.74) is 0.0857. The van der Waals surface area contributed by atoms with Gasteiger partial charge >= 0.3 is 5.51 Å². The molecule has 1 heterocycles. The van der Waals surface area contributed by atoms with Crippen LogP contribution in [0.3, 0.4) is 0 Å². The van der Waals surface area contributed by atoms with Gasteiger partial charge in [-0.2, -0.15) is 18.3 Å². The number of hydrogen-bond donors (Lipinski definition) is 1. The van der Waals surface area contributed by atoms with Crippen LogP contribution in [0, 0.1) is 0 Å². The topological polar surface area (TPSA) is 78.0 Å². The highest BCUT2D eigenvalue weighted by atomic mass is 35.5. The Labute approximate surface area is 102 Å². The average Bonchev–Trinajstić information content (AvgIpc) is 2.49. The first-order valence-corrected chi connectivity index (χ1v) is 5.72. The highest BCUT2D eigenvalue weighted by Crippen LogP contribution is 2.29. The molecule has 17 heavy (non-hydrogen) atoms. The molecule has 5 nitrogen and oxygen atoms in total. The lowest BCUT2D eigenvalue weighted by Gasteiger charge is -2.05. The molecule has 0 bridgehead atoms. The van der Waals surface area contributed by atoms with Crippen LogP contribution in [0.2, 0.25) is 0 Å². The molecule has 0 amide bonds. The van der Waals surface area contributed by atoms with Crippen molar-refractivity contribution in [2.45, 2.75) is 29.9 Å². The summed E-state index contributed by atoms with van der Waals surface area (Å²) in [6.07, 6.45) is 1.47. The van der Waals surface area contributed by atoms with E-state index in [1.807, 2.05) is 0 Å². The smallest absolute Gasteiger partial charge is 0.326 e. The number of sulfone groups is 1. The first-order chi connectivity index (χ1) is 7.14. The molecule has 0 radical (unpaired) electrons. The number of nitrogens with two attached hydrogens (primary N) is 1. The zero-order valence-corrected chi connectivity index (χ0v) is 10.3. The normalized spacial score (nSPS) is 14.2. The van der Waals surface area contributed by atoms with E-state index in [9.17, 15) is 21.6 Å². The van der Waals surface area contributed by atoms with Crippen molar-refractivity contribution >= 4 is 22.2 Å². The number of halogens is 4. The van der Waals surface area contributed by atoms with Gasteiger partial charge in [-0.05, 0) is 6.92 Å². The summed E-state index contributed by atoms with van der Waals surface area (Å²) in [5.74, 6) is 0. The van der Waals surface area contributed by atoms with Gasteiger partial charge in [0.25, 0.3) is 9.84 Å². The Hall–Kier alpha value is -0.800. The zero-order chi connectivity index (χ0) is 12.6. The number of aromatic nitrogens is 2. The second kappa shape index (κ2) is 5.23. The minimum atomic E-state index is -5.32. The summed E-state index contributed by atoms with van der Waals surface area (Å²) in [7, 11) is -5.32. The lowest BCUT2D eigenvalue weighted by molar-refractivity contribution is -0.0436. The highest BCUT2D eigenvalue weighted by Gasteiger charge is 2.47. The van der Waals surface area contributed by atoms with Crippen molar-refractivity contribution in [3.05, 3.63) is 12.4 Å². The van der Waals surface area contributed by atoms with E-state index in [1.54, 1.807) is 6.92 Å². The van der Waals surface area contributed by atoms with Gasteiger partial charge in [0.1, 0.15) is 4.90 Å². The molecule has 1 aromatic rings. The standard InChI is InChI=1S/C7H10F3N3O2S.ClH/c1-5(11)3-13-4-6(2-12-13)16(14,15)7(8,9)10;/h2,4-5H,3,11H2,1H3;1H/t5-;/m0./s1. The van der Waals surface area contributed by atoms with Gasteiger partial charge in [-0.3, -0.25) is 4.68 Å². The summed E-state index contributed by atoms with van der Waals surface area (Å²) in [6, 6.07) is -0.332. The van der Waals surface area contributed by atoms with E-state index in [2.05, 4.69) is 5.10 Å². The lowest BCUT2D eigenvalue weighted by atomic mass is 10.4. The Kier molecular flexibility index (Phi) is 4.99. The molecule has 0 aliphatic carbocycles. The average molecular weight is 294 g/mol. The van der Waals surface area contributed by atoms with Crippen molar-refractivity contribution in [3.8, 4) is 0 Å². The van der Waals surface area contributed by atoms with Crippen molar-refractivity contribution in [1.82, 2.24) is 9.78 Å². The molecule has 0 aliphatic heterocycles. The van der Waals surface area contributed by atoms with Gasteiger partial charge < -0.3 is 5.73 Å². The summed E-state index contributed by atoms with van der Waals surface area (Å²) in [5, 5.41) is 3.49. The molecule has 2 N–H and O–H groups in total. The molecule has 1 aromatic heterocycles. The molecule has 0 aliphatic rings. The predicted molar refractivity (Wildman–Crippen MR) is 56.4 cm³/mol. The molecular formula is C7H11ClF3N3O2S. The van der Waals surface area contributed by atoms with E-state index >= 15 is 0 Å². The number of hydrogen-bond acceptors (Lipinski definition) is 4. The number of alkyl halides is 3. The third-order valence-corrected chi connectivity index (χ3v) is 3.14. The van der Waals surface area contributed by atoms with Crippen LogP contribution in [0.25, 0.3) is 0 Å². The molecule has 0 saturated carbocycles. The molecular weight excluding hydrogens is 283 g/mol. The van der Waals surface area contributed by atoms with Gasteiger partial charge in [-0.1, -0.05) is 0 Å². The summed E-state index contributed by atoms with van der Waals surface area (Å²) < 4.78 is 59.4. The largest absolute Gasteiger partial charge is 0.502 e. The Bertz CT molecular complexity index is 469. The Morgan fingerprint density at radius 3 is 2.47 bits per heavy atom. The van der Waals surface area contributed by atoms with Crippen LogP contribution < -0.4 is 5.73 Å². The van der Waals surface area contributed by atoms with Gasteiger partial charge in [0.15, 0.2) is 0 Å². The van der Waals surface area contributed by atoms with Crippen LogP contribution >= 0.6 is 12.4 Å². The number of nitrogens with zero attached hydrogens (tertiary/aromatic N) is 2. The summed E-state index contributed by atoms with van der Waals surface area (Å²) in [4.78, 5) is -0.874. The van der Waals surface area contributed by atoms with E-state index in [1.165, 1.54) is 0 Å². The van der Waals surface area contributed by atoms with Gasteiger partial charge in [0.05, 0.1) is 12.7 Å². The first kappa shape index (κ1) is 16.2. The molecule has 0 spiro atoms. The van der Waals surface area contributed by atoms with Crippen molar-refractivity contribution in [2.75, 3.05) is 0 Å². The maximum Gasteiger partial charge on any atom is 0.502 e. The van der Waals surface area contributed by atoms with E-state index < -0.39 is 20.2 Å². The van der Waals surface area contributed by atoms with Crippen LogP contribution in [-0.2, 0) is 16.4 Å². The quantitative estimate of drug-likeness (QED) is 0.900.